The number of sulfonamides is 1. The van der Waals surface area contributed by atoms with E-state index in [2.05, 4.69) is 4.90 Å². The van der Waals surface area contributed by atoms with Crippen LogP contribution in [0.1, 0.15) is 50.2 Å². The molecule has 0 spiro atoms. The number of halogens is 3. The molecule has 0 N–H and O–H groups in total. The van der Waals surface area contributed by atoms with E-state index in [9.17, 15) is 31.2 Å². The third-order valence-electron chi connectivity index (χ3n) is 9.07. The van der Waals surface area contributed by atoms with Crippen molar-refractivity contribution < 1.29 is 31.2 Å². The summed E-state index contributed by atoms with van der Waals surface area (Å²) in [6, 6.07) is 15.4. The van der Waals surface area contributed by atoms with Crippen molar-refractivity contribution in [1.82, 2.24) is 9.21 Å². The van der Waals surface area contributed by atoms with Gasteiger partial charge in [0.2, 0.25) is 10.0 Å². The van der Waals surface area contributed by atoms with Gasteiger partial charge in [-0.1, -0.05) is 37.1 Å². The number of anilines is 2. The average Bonchev–Trinajstić information content (AvgIpc) is 3.27. The molecule has 2 heterocycles. The van der Waals surface area contributed by atoms with E-state index in [1.807, 2.05) is 43.3 Å². The molecule has 48 heavy (non-hydrogen) atoms. The minimum Gasteiger partial charge on any atom is -0.377 e. The third-order valence-corrected chi connectivity index (χ3v) is 11.0. The van der Waals surface area contributed by atoms with Gasteiger partial charge in [0, 0.05) is 67.9 Å². The minimum atomic E-state index is -4.81. The molecule has 1 fully saturated rings. The zero-order valence-electron chi connectivity index (χ0n) is 27.2. The molecular weight excluding hydrogens is 643 g/mol. The highest BCUT2D eigenvalue weighted by Crippen LogP contribution is 2.37. The van der Waals surface area contributed by atoms with Gasteiger partial charge in [-0.2, -0.15) is 22.7 Å². The molecule has 9 nitrogen and oxygen atoms in total. The van der Waals surface area contributed by atoms with E-state index in [-0.39, 0.29) is 11.3 Å². The molecule has 13 heteroatoms. The largest absolute Gasteiger partial charge is 0.417 e. The molecule has 2 amide bonds. The highest BCUT2D eigenvalue weighted by atomic mass is 32.2. The molecule has 1 saturated heterocycles. The van der Waals surface area contributed by atoms with Gasteiger partial charge in [0.1, 0.15) is 0 Å². The lowest BCUT2D eigenvalue weighted by molar-refractivity contribution is -0.138. The number of benzene rings is 3. The summed E-state index contributed by atoms with van der Waals surface area (Å²) in [5.74, 6) is -1.29. The van der Waals surface area contributed by atoms with Crippen molar-refractivity contribution in [2.75, 3.05) is 56.6 Å². The average molecular weight is 682 g/mol. The van der Waals surface area contributed by atoms with Crippen molar-refractivity contribution in [1.29, 1.82) is 5.26 Å². The molecule has 254 valence electrons. The Kier molecular flexibility index (Phi) is 10.3. The Bertz CT molecular complexity index is 1910. The molecule has 3 aromatic rings. The molecule has 3 aromatic carbocycles. The van der Waals surface area contributed by atoms with Gasteiger partial charge in [-0.15, -0.1) is 0 Å². The fourth-order valence-corrected chi connectivity index (χ4v) is 8.05. The van der Waals surface area contributed by atoms with Crippen molar-refractivity contribution in [3.05, 3.63) is 76.9 Å². The van der Waals surface area contributed by atoms with Crippen LogP contribution >= 0.6 is 0 Å². The number of nitrogens with zero attached hydrogens (tertiary/aromatic N) is 5. The predicted molar refractivity (Wildman–Crippen MR) is 178 cm³/mol. The number of amides is 2. The lowest BCUT2D eigenvalue weighted by atomic mass is 10.0. The Morgan fingerprint density at radius 2 is 1.54 bits per heavy atom. The van der Waals surface area contributed by atoms with Crippen LogP contribution < -0.4 is 9.80 Å². The maximum absolute atomic E-state index is 13.7. The van der Waals surface area contributed by atoms with Crippen LogP contribution in [0.25, 0.3) is 10.8 Å². The van der Waals surface area contributed by atoms with Crippen LogP contribution in [-0.4, -0.2) is 76.3 Å². The first-order valence-corrected chi connectivity index (χ1v) is 17.3. The second-order valence-corrected chi connectivity index (χ2v) is 14.2. The summed E-state index contributed by atoms with van der Waals surface area (Å²) in [7, 11) is 0.187. The smallest absolute Gasteiger partial charge is 0.377 e. The molecule has 2 aliphatic rings. The van der Waals surface area contributed by atoms with E-state index in [0.717, 1.165) is 47.8 Å². The van der Waals surface area contributed by atoms with Crippen molar-refractivity contribution >= 4 is 44.0 Å². The second-order valence-electron chi connectivity index (χ2n) is 12.3. The zero-order chi connectivity index (χ0) is 34.8. The molecule has 0 atom stereocenters. The molecule has 5 rings (SSSR count). The number of piperazine rings is 1. The second kappa shape index (κ2) is 14.1. The van der Waals surface area contributed by atoms with Gasteiger partial charge in [0.25, 0.3) is 11.8 Å². The van der Waals surface area contributed by atoms with E-state index < -0.39 is 39.1 Å². The van der Waals surface area contributed by atoms with E-state index in [1.54, 1.807) is 16.4 Å². The molecule has 0 aliphatic carbocycles. The SMILES string of the molecule is CC1=C(CCCCCCN2CCN(S(=O)(=O)c3cccc4c(N(C)C)cccc34)CC2)C(=O)N(c2ccc(C#N)c(C(F)(F)F)c2)C1=O. The van der Waals surface area contributed by atoms with Crippen LogP contribution in [-0.2, 0) is 25.8 Å². The first-order valence-electron chi connectivity index (χ1n) is 15.9. The van der Waals surface area contributed by atoms with Gasteiger partial charge >= 0.3 is 6.18 Å². The van der Waals surface area contributed by atoms with E-state index >= 15 is 0 Å². The van der Waals surface area contributed by atoms with Crippen molar-refractivity contribution in [2.24, 2.45) is 0 Å². The number of hydrogen-bond donors (Lipinski definition) is 0. The third kappa shape index (κ3) is 6.97. The summed E-state index contributed by atoms with van der Waals surface area (Å²) in [5, 5.41) is 10.6. The molecular formula is C35H38F3N5O4S. The fourth-order valence-electron chi connectivity index (χ4n) is 6.42. The summed E-state index contributed by atoms with van der Waals surface area (Å²) >= 11 is 0. The standard InChI is InChI=1S/C35H38F3N5O4S/c1-24-27(34(45)43(33(24)44)26-16-15-25(23-39)30(22-26)35(36,37)38)10-6-4-5-7-17-41-18-20-42(21-19-41)48(46,47)32-14-9-11-28-29(32)12-8-13-31(28)40(2)3/h8-9,11-16,22H,4-7,10,17-21H2,1-3H3. The summed E-state index contributed by atoms with van der Waals surface area (Å²) < 4.78 is 69.3. The van der Waals surface area contributed by atoms with Crippen LogP contribution in [0.2, 0.25) is 0 Å². The highest BCUT2D eigenvalue weighted by Gasteiger charge is 2.39. The highest BCUT2D eigenvalue weighted by molar-refractivity contribution is 7.89. The Hall–Kier alpha value is -4.25. The number of fused-ring (bicyclic) bond motifs is 1. The quantitative estimate of drug-likeness (QED) is 0.182. The molecule has 2 aliphatic heterocycles. The lowest BCUT2D eigenvalue weighted by Crippen LogP contribution is -2.48. The Morgan fingerprint density at radius 1 is 0.875 bits per heavy atom. The summed E-state index contributed by atoms with van der Waals surface area (Å²) in [6.07, 6.45) is -1.31. The van der Waals surface area contributed by atoms with Crippen LogP contribution in [0.3, 0.4) is 0 Å². The first-order chi connectivity index (χ1) is 22.8. The number of imide groups is 1. The molecule has 0 bridgehead atoms. The van der Waals surface area contributed by atoms with E-state index in [4.69, 9.17) is 5.26 Å². The molecule has 0 saturated carbocycles. The van der Waals surface area contributed by atoms with Crippen LogP contribution in [0.5, 0.6) is 0 Å². The first kappa shape index (κ1) is 35.1. The Balaban J connectivity index is 1.09. The summed E-state index contributed by atoms with van der Waals surface area (Å²) in [5.41, 5.74) is -0.527. The fraction of sp³-hybridized carbons (Fsp3) is 0.400. The molecule has 0 aromatic heterocycles. The van der Waals surface area contributed by atoms with Gasteiger partial charge in [-0.05, 0) is 63.1 Å². The van der Waals surface area contributed by atoms with Gasteiger partial charge in [0.15, 0.2) is 0 Å². The van der Waals surface area contributed by atoms with E-state index in [0.29, 0.717) is 60.9 Å². The van der Waals surface area contributed by atoms with Gasteiger partial charge in [-0.25, -0.2) is 13.3 Å². The van der Waals surface area contributed by atoms with E-state index in [1.165, 1.54) is 19.1 Å². The number of hydrogen-bond acceptors (Lipinski definition) is 7. The number of carbonyl (C=O) groups is 2. The maximum atomic E-state index is 13.7. The number of nitriles is 1. The number of rotatable bonds is 11. The predicted octanol–water partition coefficient (Wildman–Crippen LogP) is 5.94. The normalized spacial score (nSPS) is 16.6. The van der Waals surface area contributed by atoms with Gasteiger partial charge in [-0.3, -0.25) is 9.59 Å². The van der Waals surface area contributed by atoms with Crippen LogP contribution in [0.15, 0.2) is 70.6 Å². The lowest BCUT2D eigenvalue weighted by Gasteiger charge is -2.34. The van der Waals surface area contributed by atoms with Gasteiger partial charge in [0.05, 0.1) is 27.8 Å². The minimum absolute atomic E-state index is 0.214. The number of carbonyl (C=O) groups excluding carboxylic acids is 2. The summed E-state index contributed by atoms with van der Waals surface area (Å²) in [4.78, 5) is 31.3. The van der Waals surface area contributed by atoms with Gasteiger partial charge < -0.3 is 9.80 Å². The maximum Gasteiger partial charge on any atom is 0.417 e. The monoisotopic (exact) mass is 681 g/mol. The van der Waals surface area contributed by atoms with Crippen LogP contribution in [0.4, 0.5) is 24.5 Å². The van der Waals surface area contributed by atoms with Crippen molar-refractivity contribution in [3.8, 4) is 6.07 Å². The zero-order valence-corrected chi connectivity index (χ0v) is 28.0. The number of alkyl halides is 3. The van der Waals surface area contributed by atoms with Crippen molar-refractivity contribution in [3.63, 3.8) is 0 Å². The number of unbranched alkanes of at least 4 members (excludes halogenated alkanes) is 3. The topological polar surface area (TPSA) is 105 Å². The van der Waals surface area contributed by atoms with Crippen molar-refractivity contribution in [2.45, 2.75) is 50.1 Å². The molecule has 0 unspecified atom stereocenters. The Morgan fingerprint density at radius 3 is 2.21 bits per heavy atom. The van der Waals surface area contributed by atoms with Crippen LogP contribution in [0, 0.1) is 11.3 Å². The Labute approximate surface area is 278 Å². The molecule has 0 radical (unpaired) electrons. The summed E-state index contributed by atoms with van der Waals surface area (Å²) in [6.45, 7) is 4.35.